The summed E-state index contributed by atoms with van der Waals surface area (Å²) >= 11 is 0. The minimum Gasteiger partial charge on any atom is -0.444 e. The van der Waals surface area contributed by atoms with Crippen molar-refractivity contribution in [1.82, 2.24) is 19.9 Å². The van der Waals surface area contributed by atoms with E-state index < -0.39 is 11.9 Å². The molecule has 126 valence electrons. The lowest BCUT2D eigenvalue weighted by molar-refractivity contribution is -0.141. The molecule has 0 amide bonds. The number of aromatic amines is 1. The number of halogens is 3. The van der Waals surface area contributed by atoms with Gasteiger partial charge >= 0.3 is 6.18 Å². The number of rotatable bonds is 3. The number of nitrogens with one attached hydrogen (secondary N) is 1. The molecule has 5 nitrogen and oxygen atoms in total. The standard InChI is InChI=1S/C15H19F3N4O/c1-9-10(2)23-13(20-9)8-22-5-3-4-11(7-22)14-19-6-12(21-14)15(16,17)18/h6,11H,3-5,7-8H2,1-2H3,(H,19,21). The molecule has 0 radical (unpaired) electrons. The van der Waals surface area contributed by atoms with Crippen molar-refractivity contribution in [2.45, 2.75) is 45.3 Å². The number of likely N-dealkylation sites (tertiary alicyclic amines) is 1. The van der Waals surface area contributed by atoms with Gasteiger partial charge in [-0.05, 0) is 33.2 Å². The van der Waals surface area contributed by atoms with Gasteiger partial charge in [0.15, 0.2) is 0 Å². The van der Waals surface area contributed by atoms with Gasteiger partial charge in [0.05, 0.1) is 18.4 Å². The summed E-state index contributed by atoms with van der Waals surface area (Å²) in [6.45, 7) is 5.85. The number of imidazole rings is 1. The van der Waals surface area contributed by atoms with E-state index in [2.05, 4.69) is 19.9 Å². The fourth-order valence-electron chi connectivity index (χ4n) is 2.91. The number of aryl methyl sites for hydroxylation is 2. The van der Waals surface area contributed by atoms with Gasteiger partial charge in [-0.2, -0.15) is 13.2 Å². The van der Waals surface area contributed by atoms with Crippen LogP contribution in [-0.4, -0.2) is 32.9 Å². The molecule has 8 heteroatoms. The fourth-order valence-corrected chi connectivity index (χ4v) is 2.91. The molecule has 0 aromatic carbocycles. The maximum Gasteiger partial charge on any atom is 0.432 e. The quantitative estimate of drug-likeness (QED) is 0.938. The molecule has 3 rings (SSSR count). The Morgan fingerprint density at radius 1 is 1.39 bits per heavy atom. The highest BCUT2D eigenvalue weighted by Crippen LogP contribution is 2.31. The molecule has 2 aromatic heterocycles. The fraction of sp³-hybridized carbons (Fsp3) is 0.600. The van der Waals surface area contributed by atoms with E-state index in [0.29, 0.717) is 24.8 Å². The maximum atomic E-state index is 12.7. The number of oxazole rings is 1. The SMILES string of the molecule is Cc1nc(CN2CCCC(c3ncc(C(F)(F)F)[nH]3)C2)oc1C. The van der Waals surface area contributed by atoms with Crippen LogP contribution in [0.1, 0.15) is 47.6 Å². The molecule has 1 N–H and O–H groups in total. The summed E-state index contributed by atoms with van der Waals surface area (Å²) in [4.78, 5) is 12.8. The summed E-state index contributed by atoms with van der Waals surface area (Å²) in [6.07, 6.45) is -1.78. The summed E-state index contributed by atoms with van der Waals surface area (Å²) in [6, 6.07) is 0. The molecule has 1 saturated heterocycles. The number of piperidine rings is 1. The summed E-state index contributed by atoms with van der Waals surface area (Å²) < 4.78 is 43.6. The Hall–Kier alpha value is -1.83. The lowest BCUT2D eigenvalue weighted by Gasteiger charge is -2.30. The Balaban J connectivity index is 1.67. The zero-order valence-electron chi connectivity index (χ0n) is 13.1. The third kappa shape index (κ3) is 3.57. The second-order valence-corrected chi connectivity index (χ2v) is 6.00. The van der Waals surface area contributed by atoms with Gasteiger partial charge in [-0.3, -0.25) is 4.90 Å². The molecule has 1 atom stereocenters. The highest BCUT2D eigenvalue weighted by Gasteiger charge is 2.34. The summed E-state index contributed by atoms with van der Waals surface area (Å²) in [5.41, 5.74) is 0.0815. The first-order valence-corrected chi connectivity index (χ1v) is 7.60. The maximum absolute atomic E-state index is 12.7. The number of hydrogen-bond donors (Lipinski definition) is 1. The van der Waals surface area contributed by atoms with Crippen LogP contribution >= 0.6 is 0 Å². The van der Waals surface area contributed by atoms with Crippen LogP contribution in [0.15, 0.2) is 10.6 Å². The summed E-state index contributed by atoms with van der Waals surface area (Å²) in [5.74, 6) is 1.82. The van der Waals surface area contributed by atoms with Gasteiger partial charge in [-0.25, -0.2) is 9.97 Å². The Kier molecular flexibility index (Phi) is 4.18. The lowest BCUT2D eigenvalue weighted by atomic mass is 9.97. The molecule has 0 aliphatic carbocycles. The third-order valence-corrected chi connectivity index (χ3v) is 4.22. The zero-order chi connectivity index (χ0) is 16.6. The van der Waals surface area contributed by atoms with Crippen molar-refractivity contribution in [2.75, 3.05) is 13.1 Å². The molecule has 0 saturated carbocycles. The van der Waals surface area contributed by atoms with Gasteiger partial charge in [0.1, 0.15) is 17.3 Å². The Bertz CT molecular complexity index is 657. The number of alkyl halides is 3. The van der Waals surface area contributed by atoms with Crippen molar-refractivity contribution >= 4 is 0 Å². The molecule has 0 bridgehead atoms. The van der Waals surface area contributed by atoms with Gasteiger partial charge in [0, 0.05) is 12.5 Å². The summed E-state index contributed by atoms with van der Waals surface area (Å²) in [7, 11) is 0. The predicted octanol–water partition coefficient (Wildman–Crippen LogP) is 3.41. The Labute approximate surface area is 131 Å². The van der Waals surface area contributed by atoms with Gasteiger partial charge in [-0.1, -0.05) is 0 Å². The van der Waals surface area contributed by atoms with Crippen LogP contribution in [0.3, 0.4) is 0 Å². The monoisotopic (exact) mass is 328 g/mol. The second kappa shape index (κ2) is 5.99. The van der Waals surface area contributed by atoms with Gasteiger partial charge < -0.3 is 9.40 Å². The van der Waals surface area contributed by atoms with Crippen molar-refractivity contribution in [3.63, 3.8) is 0 Å². The van der Waals surface area contributed by atoms with Crippen LogP contribution in [0.25, 0.3) is 0 Å². The average molecular weight is 328 g/mol. The predicted molar refractivity (Wildman–Crippen MR) is 76.8 cm³/mol. The average Bonchev–Trinajstić information content (AvgIpc) is 3.07. The minimum atomic E-state index is -4.38. The molecule has 2 aromatic rings. The van der Waals surface area contributed by atoms with E-state index >= 15 is 0 Å². The van der Waals surface area contributed by atoms with Crippen LogP contribution in [0.2, 0.25) is 0 Å². The molecule has 1 fully saturated rings. The topological polar surface area (TPSA) is 58.0 Å². The van der Waals surface area contributed by atoms with Crippen molar-refractivity contribution in [3.8, 4) is 0 Å². The van der Waals surface area contributed by atoms with E-state index in [1.54, 1.807) is 0 Å². The van der Waals surface area contributed by atoms with E-state index in [0.717, 1.165) is 37.0 Å². The van der Waals surface area contributed by atoms with E-state index in [1.165, 1.54) is 0 Å². The van der Waals surface area contributed by atoms with Crippen LogP contribution in [0.4, 0.5) is 13.2 Å². The highest BCUT2D eigenvalue weighted by atomic mass is 19.4. The van der Waals surface area contributed by atoms with Crippen LogP contribution in [0.5, 0.6) is 0 Å². The van der Waals surface area contributed by atoms with Crippen molar-refractivity contribution < 1.29 is 17.6 Å². The van der Waals surface area contributed by atoms with Gasteiger partial charge in [0.25, 0.3) is 0 Å². The third-order valence-electron chi connectivity index (χ3n) is 4.22. The van der Waals surface area contributed by atoms with E-state index in [1.807, 2.05) is 13.8 Å². The van der Waals surface area contributed by atoms with Crippen molar-refractivity contribution in [1.29, 1.82) is 0 Å². The first kappa shape index (κ1) is 16.0. The number of H-pyrrole nitrogens is 1. The minimum absolute atomic E-state index is 0.0305. The van der Waals surface area contributed by atoms with E-state index in [9.17, 15) is 13.2 Å². The number of aromatic nitrogens is 3. The smallest absolute Gasteiger partial charge is 0.432 e. The highest BCUT2D eigenvalue weighted by molar-refractivity contribution is 5.10. The first-order chi connectivity index (χ1) is 10.8. The lowest BCUT2D eigenvalue weighted by Crippen LogP contribution is -2.34. The molecule has 23 heavy (non-hydrogen) atoms. The van der Waals surface area contributed by atoms with Gasteiger partial charge in [-0.15, -0.1) is 0 Å². The van der Waals surface area contributed by atoms with Gasteiger partial charge in [0.2, 0.25) is 5.89 Å². The van der Waals surface area contributed by atoms with Crippen molar-refractivity contribution in [2.24, 2.45) is 0 Å². The molecule has 1 unspecified atom stereocenters. The molecular formula is C15H19F3N4O. The van der Waals surface area contributed by atoms with Crippen LogP contribution in [0, 0.1) is 13.8 Å². The molecule has 3 heterocycles. The zero-order valence-corrected chi connectivity index (χ0v) is 13.1. The first-order valence-electron chi connectivity index (χ1n) is 7.60. The molecule has 0 spiro atoms. The van der Waals surface area contributed by atoms with Crippen LogP contribution < -0.4 is 0 Å². The van der Waals surface area contributed by atoms with E-state index in [-0.39, 0.29) is 5.92 Å². The molecular weight excluding hydrogens is 309 g/mol. The largest absolute Gasteiger partial charge is 0.444 e. The van der Waals surface area contributed by atoms with Crippen LogP contribution in [-0.2, 0) is 12.7 Å². The number of nitrogens with zero attached hydrogens (tertiary/aromatic N) is 3. The molecule has 1 aliphatic rings. The molecule has 1 aliphatic heterocycles. The number of hydrogen-bond acceptors (Lipinski definition) is 4. The van der Waals surface area contributed by atoms with Crippen molar-refractivity contribution in [3.05, 3.63) is 35.1 Å². The Morgan fingerprint density at radius 3 is 2.78 bits per heavy atom. The van der Waals surface area contributed by atoms with E-state index in [4.69, 9.17) is 4.42 Å². The normalized spacial score (nSPS) is 20.1. The Morgan fingerprint density at radius 2 is 2.17 bits per heavy atom. The summed E-state index contributed by atoms with van der Waals surface area (Å²) in [5, 5.41) is 0. The second-order valence-electron chi connectivity index (χ2n) is 6.00.